The molecule has 1 aliphatic carbocycles. The molecule has 128 valence electrons. The van der Waals surface area contributed by atoms with E-state index in [9.17, 15) is 10.1 Å². The van der Waals surface area contributed by atoms with Crippen LogP contribution in [-0.4, -0.2) is 12.0 Å². The second-order valence-electron chi connectivity index (χ2n) is 6.37. The topological polar surface area (TPSA) is 64.4 Å². The van der Waals surface area contributed by atoms with Crippen LogP contribution in [0.15, 0.2) is 48.6 Å². The van der Waals surface area contributed by atoms with Gasteiger partial charge in [0.25, 0.3) is 5.69 Å². The smallest absolute Gasteiger partial charge is 0.273 e. The molecule has 1 heterocycles. The number of nitro benzene ring substituents is 1. The molecular weight excluding hydrogens is 340 g/mol. The van der Waals surface area contributed by atoms with Gasteiger partial charge in [0.05, 0.1) is 29.8 Å². The molecule has 2 aromatic rings. The van der Waals surface area contributed by atoms with Gasteiger partial charge in [-0.2, -0.15) is 0 Å². The van der Waals surface area contributed by atoms with Crippen molar-refractivity contribution in [2.24, 2.45) is 5.92 Å². The summed E-state index contributed by atoms with van der Waals surface area (Å²) < 4.78 is 5.44. The zero-order valence-corrected chi connectivity index (χ0v) is 14.4. The van der Waals surface area contributed by atoms with E-state index < -0.39 is 0 Å². The molecule has 5 nitrogen and oxygen atoms in total. The molecule has 2 aliphatic rings. The van der Waals surface area contributed by atoms with Gasteiger partial charge >= 0.3 is 0 Å². The number of halogens is 1. The molecule has 0 saturated heterocycles. The van der Waals surface area contributed by atoms with Gasteiger partial charge in [-0.3, -0.25) is 10.1 Å². The molecule has 0 bridgehead atoms. The third kappa shape index (κ3) is 2.55. The lowest BCUT2D eigenvalue weighted by molar-refractivity contribution is -0.385. The molecule has 0 saturated carbocycles. The highest BCUT2D eigenvalue weighted by molar-refractivity contribution is 6.31. The van der Waals surface area contributed by atoms with E-state index in [1.54, 1.807) is 6.07 Å². The maximum atomic E-state index is 11.3. The first-order valence-corrected chi connectivity index (χ1v) is 8.52. The Morgan fingerprint density at radius 1 is 1.28 bits per heavy atom. The van der Waals surface area contributed by atoms with Crippen molar-refractivity contribution < 1.29 is 9.66 Å². The van der Waals surface area contributed by atoms with E-state index in [1.165, 1.54) is 13.2 Å². The molecule has 3 unspecified atom stereocenters. The number of non-ortho nitro benzene ring substituents is 1. The lowest BCUT2D eigenvalue weighted by Gasteiger charge is -2.38. The molecule has 4 rings (SSSR count). The van der Waals surface area contributed by atoms with E-state index in [0.717, 1.165) is 28.3 Å². The second kappa shape index (κ2) is 6.08. The molecule has 25 heavy (non-hydrogen) atoms. The minimum absolute atomic E-state index is 0.0246. The van der Waals surface area contributed by atoms with Crippen LogP contribution < -0.4 is 10.1 Å². The maximum Gasteiger partial charge on any atom is 0.273 e. The Kier molecular flexibility index (Phi) is 3.88. The van der Waals surface area contributed by atoms with Gasteiger partial charge in [0.15, 0.2) is 0 Å². The lowest BCUT2D eigenvalue weighted by atomic mass is 9.76. The summed E-state index contributed by atoms with van der Waals surface area (Å²) in [6.45, 7) is 0. The van der Waals surface area contributed by atoms with Gasteiger partial charge in [-0.05, 0) is 29.5 Å². The number of ether oxygens (including phenoxy) is 1. The van der Waals surface area contributed by atoms with Crippen molar-refractivity contribution in [1.82, 2.24) is 0 Å². The number of nitrogens with zero attached hydrogens (tertiary/aromatic N) is 1. The Balaban J connectivity index is 1.87. The molecule has 0 spiro atoms. The zero-order valence-electron chi connectivity index (χ0n) is 13.6. The predicted octanol–water partition coefficient (Wildman–Crippen LogP) is 5.08. The highest BCUT2D eigenvalue weighted by Crippen LogP contribution is 2.53. The minimum atomic E-state index is -0.378. The Labute approximate surface area is 150 Å². The number of nitro groups is 1. The summed E-state index contributed by atoms with van der Waals surface area (Å²) in [4.78, 5) is 10.9. The quantitative estimate of drug-likeness (QED) is 0.473. The summed E-state index contributed by atoms with van der Waals surface area (Å²) in [5.41, 5.74) is 2.81. The average molecular weight is 357 g/mol. The number of anilines is 1. The van der Waals surface area contributed by atoms with Crippen LogP contribution >= 0.6 is 11.6 Å². The summed E-state index contributed by atoms with van der Waals surface area (Å²) in [6.07, 6.45) is 5.18. The molecule has 6 heteroatoms. The summed E-state index contributed by atoms with van der Waals surface area (Å²) in [5.74, 6) is 0.852. The third-order valence-corrected chi connectivity index (χ3v) is 5.43. The van der Waals surface area contributed by atoms with Crippen molar-refractivity contribution in [2.45, 2.75) is 18.4 Å². The average Bonchev–Trinajstić information content (AvgIpc) is 3.10. The van der Waals surface area contributed by atoms with Crippen molar-refractivity contribution in [3.8, 4) is 5.75 Å². The number of hydrogen-bond donors (Lipinski definition) is 1. The molecule has 3 atom stereocenters. The highest BCUT2D eigenvalue weighted by atomic mass is 35.5. The first-order valence-electron chi connectivity index (χ1n) is 8.14. The van der Waals surface area contributed by atoms with Gasteiger partial charge in [-0.25, -0.2) is 0 Å². The van der Waals surface area contributed by atoms with Gasteiger partial charge in [0, 0.05) is 17.0 Å². The molecular formula is C19H17ClN2O3. The number of methoxy groups -OCH3 is 1. The first-order chi connectivity index (χ1) is 12.1. The molecule has 0 fully saturated rings. The van der Waals surface area contributed by atoms with E-state index in [-0.39, 0.29) is 28.5 Å². The summed E-state index contributed by atoms with van der Waals surface area (Å²) in [5, 5.41) is 15.5. The molecule has 0 aromatic heterocycles. The van der Waals surface area contributed by atoms with E-state index in [2.05, 4.69) is 17.5 Å². The van der Waals surface area contributed by atoms with Gasteiger partial charge in [0.1, 0.15) is 5.75 Å². The molecule has 1 aliphatic heterocycles. The van der Waals surface area contributed by atoms with Gasteiger partial charge < -0.3 is 10.1 Å². The fourth-order valence-electron chi connectivity index (χ4n) is 3.95. The number of benzene rings is 2. The lowest BCUT2D eigenvalue weighted by Crippen LogP contribution is -2.29. The van der Waals surface area contributed by atoms with Crippen LogP contribution in [0, 0.1) is 16.0 Å². The van der Waals surface area contributed by atoms with Crippen molar-refractivity contribution >= 4 is 23.0 Å². The first kappa shape index (κ1) is 16.0. The van der Waals surface area contributed by atoms with Gasteiger partial charge in [-0.1, -0.05) is 42.0 Å². The van der Waals surface area contributed by atoms with Crippen LogP contribution in [0.2, 0.25) is 5.02 Å². The maximum absolute atomic E-state index is 11.3. The predicted molar refractivity (Wildman–Crippen MR) is 97.5 cm³/mol. The monoisotopic (exact) mass is 356 g/mol. The Morgan fingerprint density at radius 3 is 2.80 bits per heavy atom. The summed E-state index contributed by atoms with van der Waals surface area (Å²) in [6, 6.07) is 10.9. The fraction of sp³-hybridized carbons (Fsp3) is 0.263. The van der Waals surface area contributed by atoms with Crippen LogP contribution in [0.3, 0.4) is 0 Å². The number of hydrogen-bond acceptors (Lipinski definition) is 4. The van der Waals surface area contributed by atoms with Crippen molar-refractivity contribution in [2.75, 3.05) is 12.4 Å². The Morgan fingerprint density at radius 2 is 2.08 bits per heavy atom. The number of fused-ring (bicyclic) bond motifs is 3. The molecule has 0 radical (unpaired) electrons. The van der Waals surface area contributed by atoms with Crippen LogP contribution in [0.1, 0.15) is 29.5 Å². The molecule has 1 N–H and O–H groups in total. The largest absolute Gasteiger partial charge is 0.494 e. The summed E-state index contributed by atoms with van der Waals surface area (Å²) in [7, 11) is 1.53. The second-order valence-corrected chi connectivity index (χ2v) is 6.77. The Bertz CT molecular complexity index is 881. The van der Waals surface area contributed by atoms with E-state index in [0.29, 0.717) is 5.75 Å². The van der Waals surface area contributed by atoms with Gasteiger partial charge in [0.2, 0.25) is 0 Å². The standard InChI is InChI=1S/C19H17ClN2O3/c1-25-17-10-11(22(23)24)9-15-12-6-4-7-13(12)18(21-19(15)17)14-5-2-3-8-16(14)20/h2-6,8-10,12-13,18,21H,7H2,1H3. The van der Waals surface area contributed by atoms with Gasteiger partial charge in [-0.15, -0.1) is 0 Å². The zero-order chi connectivity index (χ0) is 17.6. The van der Waals surface area contributed by atoms with E-state index >= 15 is 0 Å². The van der Waals surface area contributed by atoms with Crippen LogP contribution in [0.25, 0.3) is 0 Å². The van der Waals surface area contributed by atoms with Crippen LogP contribution in [0.4, 0.5) is 11.4 Å². The van der Waals surface area contributed by atoms with Crippen molar-refractivity contribution in [1.29, 1.82) is 0 Å². The van der Waals surface area contributed by atoms with Crippen molar-refractivity contribution in [3.05, 3.63) is 74.8 Å². The third-order valence-electron chi connectivity index (χ3n) is 5.09. The highest BCUT2D eigenvalue weighted by Gasteiger charge is 2.40. The van der Waals surface area contributed by atoms with Crippen LogP contribution in [0.5, 0.6) is 5.75 Å². The minimum Gasteiger partial charge on any atom is -0.494 e. The normalized spacial score (nSPS) is 23.5. The van der Waals surface area contributed by atoms with Crippen LogP contribution in [-0.2, 0) is 0 Å². The number of rotatable bonds is 3. The SMILES string of the molecule is COc1cc([N+](=O)[O-])cc2c1NC(c1ccccc1Cl)C1CC=CC21. The Hall–Kier alpha value is -2.53. The fourth-order valence-corrected chi connectivity index (χ4v) is 4.21. The summed E-state index contributed by atoms with van der Waals surface area (Å²) >= 11 is 6.43. The number of nitrogens with one attached hydrogen (secondary N) is 1. The molecule has 0 amide bonds. The molecule has 2 aromatic carbocycles. The van der Waals surface area contributed by atoms with E-state index in [4.69, 9.17) is 16.3 Å². The van der Waals surface area contributed by atoms with Crippen molar-refractivity contribution in [3.63, 3.8) is 0 Å². The van der Waals surface area contributed by atoms with E-state index in [1.807, 2.05) is 24.3 Å². The number of allylic oxidation sites excluding steroid dienone is 2.